The molecule has 2 aromatic heterocycles. The Bertz CT molecular complexity index is 1350. The molecule has 2 aliphatic heterocycles. The number of aromatic nitrogens is 2. The molecule has 2 atom stereocenters. The van der Waals surface area contributed by atoms with Crippen LogP contribution in [0.15, 0.2) is 24.4 Å². The zero-order valence-corrected chi connectivity index (χ0v) is 19.2. The standard InChI is InChI=1S/C25H24F4N4O3/c26-17-9-31-23-22(21-16-11-35-10-13(16)7-19(21)32-23)20(17)12-3-5-33(6-4-12)24(34)15-2-1-14(8-18(15)30)36-25(27,28)29/h1-2,8-9,12-13,16H,3-7,10-11,30H2,(H,31,32)/t13-,16-/m1/s1. The Hall–Kier alpha value is -3.34. The highest BCUT2D eigenvalue weighted by Gasteiger charge is 2.41. The first-order valence-corrected chi connectivity index (χ1v) is 11.9. The number of rotatable bonds is 3. The fourth-order valence-corrected chi connectivity index (χ4v) is 6.06. The number of benzene rings is 1. The second kappa shape index (κ2) is 8.36. The normalized spacial score (nSPS) is 22.2. The van der Waals surface area contributed by atoms with Crippen LogP contribution in [0.3, 0.4) is 0 Å². The molecule has 0 saturated carbocycles. The van der Waals surface area contributed by atoms with Crippen molar-refractivity contribution in [1.29, 1.82) is 0 Å². The third-order valence-electron chi connectivity index (χ3n) is 7.65. The molecule has 36 heavy (non-hydrogen) atoms. The molecular formula is C25H24F4N4O3. The first-order chi connectivity index (χ1) is 17.2. The van der Waals surface area contributed by atoms with Gasteiger partial charge in [0.15, 0.2) is 0 Å². The molecular weight excluding hydrogens is 480 g/mol. The number of ether oxygens (including phenoxy) is 2. The second-order valence-electron chi connectivity index (χ2n) is 9.73. The van der Waals surface area contributed by atoms with Gasteiger partial charge in [-0.3, -0.25) is 4.79 Å². The number of carbonyl (C=O) groups is 1. The molecule has 3 aliphatic rings. The summed E-state index contributed by atoms with van der Waals surface area (Å²) in [4.78, 5) is 22.4. The van der Waals surface area contributed by atoms with E-state index >= 15 is 4.39 Å². The maximum atomic E-state index is 15.2. The fourth-order valence-electron chi connectivity index (χ4n) is 6.06. The van der Waals surface area contributed by atoms with Gasteiger partial charge >= 0.3 is 6.36 Å². The minimum atomic E-state index is -4.85. The van der Waals surface area contributed by atoms with E-state index in [4.69, 9.17) is 10.5 Å². The van der Waals surface area contributed by atoms with Crippen LogP contribution >= 0.6 is 0 Å². The quantitative estimate of drug-likeness (QED) is 0.405. The van der Waals surface area contributed by atoms with E-state index in [1.807, 2.05) is 0 Å². The van der Waals surface area contributed by atoms with Gasteiger partial charge in [0.25, 0.3) is 5.91 Å². The van der Waals surface area contributed by atoms with Crippen LogP contribution in [0, 0.1) is 11.7 Å². The maximum absolute atomic E-state index is 15.2. The number of alkyl halides is 3. The number of hydrogen-bond acceptors (Lipinski definition) is 5. The van der Waals surface area contributed by atoms with Crippen molar-refractivity contribution in [1.82, 2.24) is 14.9 Å². The highest BCUT2D eigenvalue weighted by molar-refractivity contribution is 5.99. The average molecular weight is 504 g/mol. The monoisotopic (exact) mass is 504 g/mol. The molecule has 190 valence electrons. The largest absolute Gasteiger partial charge is 0.573 e. The minimum Gasteiger partial charge on any atom is -0.406 e. The van der Waals surface area contributed by atoms with Crippen LogP contribution in [0.25, 0.3) is 11.0 Å². The maximum Gasteiger partial charge on any atom is 0.573 e. The van der Waals surface area contributed by atoms with Crippen molar-refractivity contribution < 1.29 is 31.8 Å². The number of hydrogen-bond donors (Lipinski definition) is 2. The molecule has 0 bridgehead atoms. The van der Waals surface area contributed by atoms with E-state index < -0.39 is 12.1 Å². The van der Waals surface area contributed by atoms with Gasteiger partial charge in [-0.15, -0.1) is 13.2 Å². The number of pyridine rings is 1. The van der Waals surface area contributed by atoms with Crippen LogP contribution in [0.4, 0.5) is 23.2 Å². The van der Waals surface area contributed by atoms with E-state index in [0.29, 0.717) is 56.3 Å². The molecule has 3 N–H and O–H groups in total. The van der Waals surface area contributed by atoms with E-state index in [1.165, 1.54) is 12.3 Å². The molecule has 1 aromatic carbocycles. The van der Waals surface area contributed by atoms with Crippen LogP contribution in [-0.2, 0) is 11.2 Å². The van der Waals surface area contributed by atoms with Gasteiger partial charge in [-0.1, -0.05) is 0 Å². The number of fused-ring (bicyclic) bond motifs is 5. The SMILES string of the molecule is Nc1cc(OC(F)(F)F)ccc1C(=O)N1CCC(c2c(F)cnc3[nH]c4c(c23)[C@@H]2COC[C@H]2C4)CC1. The van der Waals surface area contributed by atoms with E-state index in [-0.39, 0.29) is 34.8 Å². The van der Waals surface area contributed by atoms with Gasteiger partial charge in [0.2, 0.25) is 0 Å². The third kappa shape index (κ3) is 3.85. The Balaban J connectivity index is 1.22. The number of nitrogens with two attached hydrogens (primary N) is 1. The van der Waals surface area contributed by atoms with Crippen LogP contribution in [0.1, 0.15) is 51.9 Å². The zero-order valence-electron chi connectivity index (χ0n) is 19.2. The first kappa shape index (κ1) is 23.1. The lowest BCUT2D eigenvalue weighted by Crippen LogP contribution is -2.38. The Morgan fingerprint density at radius 3 is 2.69 bits per heavy atom. The Morgan fingerprint density at radius 2 is 1.97 bits per heavy atom. The highest BCUT2D eigenvalue weighted by Crippen LogP contribution is 2.48. The molecule has 6 rings (SSSR count). The van der Waals surface area contributed by atoms with Gasteiger partial charge in [-0.2, -0.15) is 0 Å². The number of amides is 1. The number of carbonyl (C=O) groups excluding carboxylic acids is 1. The molecule has 4 heterocycles. The lowest BCUT2D eigenvalue weighted by atomic mass is 9.85. The van der Waals surface area contributed by atoms with Crippen molar-refractivity contribution in [3.63, 3.8) is 0 Å². The van der Waals surface area contributed by atoms with Gasteiger partial charge in [0.1, 0.15) is 17.2 Å². The summed E-state index contributed by atoms with van der Waals surface area (Å²) in [7, 11) is 0. The fraction of sp³-hybridized carbons (Fsp3) is 0.440. The first-order valence-electron chi connectivity index (χ1n) is 11.9. The molecule has 2 fully saturated rings. The molecule has 1 amide bonds. The van der Waals surface area contributed by atoms with E-state index in [1.54, 1.807) is 4.90 Å². The van der Waals surface area contributed by atoms with Crippen molar-refractivity contribution in [2.45, 2.75) is 37.5 Å². The lowest BCUT2D eigenvalue weighted by Gasteiger charge is -2.33. The summed E-state index contributed by atoms with van der Waals surface area (Å²) < 4.78 is 62.2. The topological polar surface area (TPSA) is 93.5 Å². The molecule has 3 aromatic rings. The van der Waals surface area contributed by atoms with Gasteiger partial charge < -0.3 is 25.1 Å². The summed E-state index contributed by atoms with van der Waals surface area (Å²) in [6.45, 7) is 2.07. The van der Waals surface area contributed by atoms with E-state index in [2.05, 4.69) is 14.7 Å². The van der Waals surface area contributed by atoms with Crippen molar-refractivity contribution in [2.75, 3.05) is 32.0 Å². The lowest BCUT2D eigenvalue weighted by molar-refractivity contribution is -0.274. The van der Waals surface area contributed by atoms with Crippen molar-refractivity contribution in [3.8, 4) is 5.75 Å². The average Bonchev–Trinajstić information content (AvgIpc) is 3.49. The van der Waals surface area contributed by atoms with Gasteiger partial charge in [0, 0.05) is 47.4 Å². The third-order valence-corrected chi connectivity index (χ3v) is 7.65. The predicted octanol–water partition coefficient (Wildman–Crippen LogP) is 4.49. The molecule has 7 nitrogen and oxygen atoms in total. The summed E-state index contributed by atoms with van der Waals surface area (Å²) in [6, 6.07) is 3.29. The van der Waals surface area contributed by atoms with Crippen LogP contribution < -0.4 is 10.5 Å². The number of nitrogens with zero attached hydrogens (tertiary/aromatic N) is 2. The summed E-state index contributed by atoms with van der Waals surface area (Å²) in [5.74, 6) is -0.656. The summed E-state index contributed by atoms with van der Waals surface area (Å²) in [6.07, 6.45) is -1.63. The van der Waals surface area contributed by atoms with Gasteiger partial charge in [0.05, 0.1) is 25.0 Å². The van der Waals surface area contributed by atoms with E-state index in [9.17, 15) is 18.0 Å². The molecule has 11 heteroatoms. The number of anilines is 1. The molecule has 2 saturated heterocycles. The van der Waals surface area contributed by atoms with E-state index in [0.717, 1.165) is 35.2 Å². The molecule has 1 aliphatic carbocycles. The second-order valence-corrected chi connectivity index (χ2v) is 9.73. The number of likely N-dealkylation sites (tertiary alicyclic amines) is 1. The molecule has 0 radical (unpaired) electrons. The smallest absolute Gasteiger partial charge is 0.406 e. The van der Waals surface area contributed by atoms with Crippen molar-refractivity contribution in [3.05, 3.63) is 52.6 Å². The predicted molar refractivity (Wildman–Crippen MR) is 122 cm³/mol. The van der Waals surface area contributed by atoms with Crippen LogP contribution in [0.5, 0.6) is 5.75 Å². The number of piperidine rings is 1. The Labute approximate surface area is 203 Å². The van der Waals surface area contributed by atoms with Crippen LogP contribution in [-0.4, -0.2) is 53.4 Å². The zero-order chi connectivity index (χ0) is 25.2. The van der Waals surface area contributed by atoms with Gasteiger partial charge in [-0.05, 0) is 48.8 Å². The van der Waals surface area contributed by atoms with Gasteiger partial charge in [-0.25, -0.2) is 9.37 Å². The molecule has 0 spiro atoms. The Morgan fingerprint density at radius 1 is 1.19 bits per heavy atom. The minimum absolute atomic E-state index is 0.0954. The summed E-state index contributed by atoms with van der Waals surface area (Å²) >= 11 is 0. The number of nitrogen functional groups attached to an aromatic ring is 1. The van der Waals surface area contributed by atoms with Crippen LogP contribution in [0.2, 0.25) is 0 Å². The number of aromatic amines is 1. The van der Waals surface area contributed by atoms with Crippen molar-refractivity contribution >= 4 is 22.6 Å². The Kier molecular flexibility index (Phi) is 5.36. The summed E-state index contributed by atoms with van der Waals surface area (Å²) in [5.41, 5.74) is 9.45. The number of nitrogens with one attached hydrogen (secondary N) is 1. The number of halogens is 4. The summed E-state index contributed by atoms with van der Waals surface area (Å²) in [5, 5.41) is 0.859. The molecule has 0 unspecified atom stereocenters. The van der Waals surface area contributed by atoms with Crippen molar-refractivity contribution in [2.24, 2.45) is 5.92 Å². The highest BCUT2D eigenvalue weighted by atomic mass is 19.4. The number of H-pyrrole nitrogens is 1.